The van der Waals surface area contributed by atoms with Crippen LogP contribution < -0.4 is 0 Å². The summed E-state index contributed by atoms with van der Waals surface area (Å²) < 4.78 is 25.0. The molecule has 210 valence electrons. The van der Waals surface area contributed by atoms with Crippen LogP contribution in [0.15, 0.2) is 47.4 Å². The molecule has 0 fully saturated rings. The standard InChI is InChI=1S/C27H26Cl2N4O6S/c1-14-10-22-19(12-31(14)25(34)17-6-9-20(28)21(29)11-17)24-26(35)32(13-23(27(36)37)33(24)30-22)15(2)16-4-7-18(8-5-16)40(3,38)39/h4-9,11,14-15,23H,10,12-13H2,1-3H3,(H,36,37)/t14-,15?,23+/m1/s1. The molecular formula is C27H26Cl2N4O6S. The Balaban J connectivity index is 1.51. The van der Waals surface area contributed by atoms with E-state index in [0.29, 0.717) is 33.8 Å². The third-order valence-corrected chi connectivity index (χ3v) is 9.41. The third-order valence-electron chi connectivity index (χ3n) is 7.54. The highest BCUT2D eigenvalue weighted by atomic mass is 35.5. The summed E-state index contributed by atoms with van der Waals surface area (Å²) in [7, 11) is -3.40. The number of sulfone groups is 1. The number of aliphatic carboxylic acids is 1. The second-order valence-electron chi connectivity index (χ2n) is 10.2. The van der Waals surface area contributed by atoms with Gasteiger partial charge in [0.15, 0.2) is 15.9 Å². The summed E-state index contributed by atoms with van der Waals surface area (Å²) in [6.45, 7) is 3.56. The number of halogens is 2. The topological polar surface area (TPSA) is 130 Å². The van der Waals surface area contributed by atoms with Crippen LogP contribution in [-0.4, -0.2) is 69.7 Å². The van der Waals surface area contributed by atoms with Crippen molar-refractivity contribution in [3.63, 3.8) is 0 Å². The Morgan fingerprint density at radius 2 is 1.77 bits per heavy atom. The second-order valence-corrected chi connectivity index (χ2v) is 13.0. The Labute approximate surface area is 241 Å². The fourth-order valence-corrected chi connectivity index (χ4v) is 6.18. The van der Waals surface area contributed by atoms with E-state index in [1.807, 2.05) is 6.92 Å². The van der Waals surface area contributed by atoms with Crippen LogP contribution in [0.5, 0.6) is 0 Å². The molecule has 40 heavy (non-hydrogen) atoms. The Morgan fingerprint density at radius 3 is 2.38 bits per heavy atom. The summed E-state index contributed by atoms with van der Waals surface area (Å²) in [4.78, 5) is 42.9. The molecule has 10 nitrogen and oxygen atoms in total. The van der Waals surface area contributed by atoms with Gasteiger partial charge in [0.1, 0.15) is 5.69 Å². The molecule has 2 aliphatic heterocycles. The lowest BCUT2D eigenvalue weighted by molar-refractivity contribution is -0.142. The van der Waals surface area contributed by atoms with Crippen LogP contribution >= 0.6 is 23.2 Å². The van der Waals surface area contributed by atoms with Crippen molar-refractivity contribution in [3.8, 4) is 0 Å². The molecule has 0 spiro atoms. The van der Waals surface area contributed by atoms with Gasteiger partial charge in [0.25, 0.3) is 11.8 Å². The van der Waals surface area contributed by atoms with E-state index in [1.54, 1.807) is 36.1 Å². The van der Waals surface area contributed by atoms with Gasteiger partial charge in [-0.15, -0.1) is 0 Å². The molecule has 2 amide bonds. The molecule has 0 aliphatic carbocycles. The highest BCUT2D eigenvalue weighted by molar-refractivity contribution is 7.90. The van der Waals surface area contributed by atoms with Gasteiger partial charge in [-0.25, -0.2) is 17.9 Å². The summed E-state index contributed by atoms with van der Waals surface area (Å²) >= 11 is 12.1. The molecule has 1 aromatic heterocycles. The Morgan fingerprint density at radius 1 is 1.10 bits per heavy atom. The number of carboxylic acid groups (broad SMARTS) is 1. The van der Waals surface area contributed by atoms with Crippen molar-refractivity contribution in [1.82, 2.24) is 19.6 Å². The summed E-state index contributed by atoms with van der Waals surface area (Å²) in [5, 5.41) is 15.2. The first-order chi connectivity index (χ1) is 18.8. The second kappa shape index (κ2) is 10.2. The number of carboxylic acids is 1. The quantitative estimate of drug-likeness (QED) is 0.465. The lowest BCUT2D eigenvalue weighted by Crippen LogP contribution is -2.47. The van der Waals surface area contributed by atoms with E-state index in [-0.39, 0.29) is 40.7 Å². The molecule has 2 aromatic carbocycles. The fourth-order valence-electron chi connectivity index (χ4n) is 5.25. The number of hydrogen-bond donors (Lipinski definition) is 1. The molecule has 2 aliphatic rings. The van der Waals surface area contributed by atoms with E-state index in [1.165, 1.54) is 27.8 Å². The van der Waals surface area contributed by atoms with Crippen LogP contribution in [-0.2, 0) is 27.6 Å². The molecule has 13 heteroatoms. The summed E-state index contributed by atoms with van der Waals surface area (Å²) in [5.41, 5.74) is 2.21. The SMILES string of the molecule is CC(c1ccc(S(C)(=O)=O)cc1)N1C[C@@H](C(=O)O)n2nc3c(c2C1=O)CN(C(=O)c1ccc(Cl)c(Cl)c1)[C@H](C)C3. The number of carbonyl (C=O) groups is 3. The first-order valence-corrected chi connectivity index (χ1v) is 15.1. The molecule has 3 atom stereocenters. The molecule has 0 saturated heterocycles. The van der Waals surface area contributed by atoms with Crippen molar-refractivity contribution in [1.29, 1.82) is 0 Å². The minimum atomic E-state index is -3.40. The lowest BCUT2D eigenvalue weighted by Gasteiger charge is -2.37. The van der Waals surface area contributed by atoms with Crippen molar-refractivity contribution in [3.05, 3.63) is 80.6 Å². The molecule has 0 saturated carbocycles. The maximum Gasteiger partial charge on any atom is 0.330 e. The van der Waals surface area contributed by atoms with Gasteiger partial charge in [-0.05, 0) is 49.7 Å². The van der Waals surface area contributed by atoms with Crippen LogP contribution in [0.3, 0.4) is 0 Å². The van der Waals surface area contributed by atoms with Gasteiger partial charge in [0, 0.05) is 29.8 Å². The summed E-state index contributed by atoms with van der Waals surface area (Å²) in [6, 6.07) is 8.81. The molecule has 1 N–H and O–H groups in total. The minimum absolute atomic E-state index is 0.0638. The number of benzene rings is 2. The normalized spacial score (nSPS) is 19.7. The molecule has 3 aromatic rings. The molecule has 1 unspecified atom stereocenters. The summed E-state index contributed by atoms with van der Waals surface area (Å²) in [6.07, 6.45) is 1.45. The first-order valence-electron chi connectivity index (χ1n) is 12.5. The predicted octanol–water partition coefficient (Wildman–Crippen LogP) is 4.02. The molecule has 0 bridgehead atoms. The third kappa shape index (κ3) is 4.86. The fraction of sp³-hybridized carbons (Fsp3) is 0.333. The van der Waals surface area contributed by atoms with E-state index >= 15 is 0 Å². The van der Waals surface area contributed by atoms with Gasteiger partial charge in [-0.2, -0.15) is 5.10 Å². The van der Waals surface area contributed by atoms with Crippen molar-refractivity contribution < 1.29 is 27.9 Å². The van der Waals surface area contributed by atoms with E-state index in [4.69, 9.17) is 23.2 Å². The highest BCUT2D eigenvalue weighted by Gasteiger charge is 2.43. The van der Waals surface area contributed by atoms with Gasteiger partial charge >= 0.3 is 5.97 Å². The number of hydrogen-bond acceptors (Lipinski definition) is 6. The zero-order valence-electron chi connectivity index (χ0n) is 21.8. The van der Waals surface area contributed by atoms with Gasteiger partial charge in [-0.3, -0.25) is 9.59 Å². The smallest absolute Gasteiger partial charge is 0.330 e. The average Bonchev–Trinajstić information content (AvgIpc) is 3.27. The van der Waals surface area contributed by atoms with Crippen molar-refractivity contribution in [2.24, 2.45) is 0 Å². The molecule has 5 rings (SSSR count). The lowest BCUT2D eigenvalue weighted by atomic mass is 9.96. The van der Waals surface area contributed by atoms with Crippen LogP contribution in [0.1, 0.15) is 63.6 Å². The van der Waals surface area contributed by atoms with Gasteiger partial charge in [-0.1, -0.05) is 35.3 Å². The van der Waals surface area contributed by atoms with E-state index in [9.17, 15) is 27.9 Å². The van der Waals surface area contributed by atoms with E-state index in [0.717, 1.165) is 6.26 Å². The number of amides is 2. The Kier molecular flexibility index (Phi) is 7.18. The maximum absolute atomic E-state index is 13.9. The van der Waals surface area contributed by atoms with Gasteiger partial charge in [0.05, 0.1) is 39.8 Å². The van der Waals surface area contributed by atoms with Crippen LogP contribution in [0.25, 0.3) is 0 Å². The monoisotopic (exact) mass is 604 g/mol. The number of carbonyl (C=O) groups excluding carboxylic acids is 2. The zero-order valence-corrected chi connectivity index (χ0v) is 24.2. The number of fused-ring (bicyclic) bond motifs is 3. The highest BCUT2D eigenvalue weighted by Crippen LogP contribution is 2.36. The Bertz CT molecular complexity index is 1650. The number of nitrogens with zero attached hydrogens (tertiary/aromatic N) is 4. The first kappa shape index (κ1) is 28.1. The van der Waals surface area contributed by atoms with Crippen LogP contribution in [0.2, 0.25) is 10.0 Å². The van der Waals surface area contributed by atoms with Crippen molar-refractivity contribution in [2.45, 2.75) is 49.8 Å². The molecule has 3 heterocycles. The predicted molar refractivity (Wildman–Crippen MR) is 147 cm³/mol. The summed E-state index contributed by atoms with van der Waals surface area (Å²) in [5.74, 6) is -1.86. The Hall–Kier alpha value is -3.41. The van der Waals surface area contributed by atoms with Gasteiger partial charge < -0.3 is 14.9 Å². The van der Waals surface area contributed by atoms with Crippen LogP contribution in [0.4, 0.5) is 0 Å². The van der Waals surface area contributed by atoms with E-state index < -0.39 is 33.8 Å². The number of rotatable bonds is 5. The molecule has 0 radical (unpaired) electrons. The van der Waals surface area contributed by atoms with Crippen molar-refractivity contribution in [2.75, 3.05) is 12.8 Å². The number of aromatic nitrogens is 2. The van der Waals surface area contributed by atoms with Gasteiger partial charge in [0.2, 0.25) is 0 Å². The zero-order chi connectivity index (χ0) is 29.1. The maximum atomic E-state index is 13.9. The average molecular weight is 606 g/mol. The van der Waals surface area contributed by atoms with Crippen molar-refractivity contribution >= 4 is 50.8 Å². The largest absolute Gasteiger partial charge is 0.480 e. The minimum Gasteiger partial charge on any atom is -0.480 e. The molecular weight excluding hydrogens is 579 g/mol. The van der Waals surface area contributed by atoms with E-state index in [2.05, 4.69) is 5.10 Å². The van der Waals surface area contributed by atoms with Crippen LogP contribution in [0, 0.1) is 0 Å².